The van der Waals surface area contributed by atoms with Crippen LogP contribution in [0.1, 0.15) is 24.2 Å². The third-order valence-electron chi connectivity index (χ3n) is 3.08. The van der Waals surface area contributed by atoms with E-state index in [1.54, 1.807) is 31.4 Å². The van der Waals surface area contributed by atoms with Crippen molar-refractivity contribution in [2.24, 2.45) is 0 Å². The van der Waals surface area contributed by atoms with Crippen molar-refractivity contribution < 1.29 is 14.3 Å². The van der Waals surface area contributed by atoms with Crippen molar-refractivity contribution in [2.75, 3.05) is 12.4 Å². The number of rotatable bonds is 5. The fourth-order valence-corrected chi connectivity index (χ4v) is 2.29. The van der Waals surface area contributed by atoms with E-state index in [9.17, 15) is 4.79 Å². The Morgan fingerprint density at radius 1 is 1.04 bits per heavy atom. The Balaban J connectivity index is 2.08. The summed E-state index contributed by atoms with van der Waals surface area (Å²) >= 11 is 5.21. The van der Waals surface area contributed by atoms with Gasteiger partial charge >= 0.3 is 0 Å². The van der Waals surface area contributed by atoms with Gasteiger partial charge in [-0.15, -0.1) is 0 Å². The molecule has 0 saturated carbocycles. The van der Waals surface area contributed by atoms with Crippen molar-refractivity contribution in [3.05, 3.63) is 54.1 Å². The largest absolute Gasteiger partial charge is 0.495 e. The maximum Gasteiger partial charge on any atom is 0.261 e. The van der Waals surface area contributed by atoms with E-state index in [0.29, 0.717) is 22.7 Å². The average Bonchev–Trinajstić information content (AvgIpc) is 2.55. The Morgan fingerprint density at radius 2 is 1.67 bits per heavy atom. The highest BCUT2D eigenvalue weighted by Gasteiger charge is 2.15. The first-order valence-corrected chi connectivity index (χ1v) is 7.93. The number of hydrogen-bond acceptors (Lipinski definition) is 4. The lowest BCUT2D eigenvalue weighted by atomic mass is 10.2. The van der Waals surface area contributed by atoms with Gasteiger partial charge in [0.15, 0.2) is 5.11 Å². The molecule has 2 N–H and O–H groups in total. The Bertz CT molecular complexity index is 732. The zero-order valence-electron chi connectivity index (χ0n) is 13.8. The monoisotopic (exact) mass is 344 g/mol. The second-order valence-electron chi connectivity index (χ2n) is 5.27. The number of nitrogens with one attached hydrogen (secondary N) is 2. The molecule has 0 heterocycles. The minimum Gasteiger partial charge on any atom is -0.495 e. The SMILES string of the molecule is COc1ccccc1NC(=S)NC(=O)c1ccccc1OC(C)C. The lowest BCUT2D eigenvalue weighted by molar-refractivity contribution is 0.0972. The van der Waals surface area contributed by atoms with Gasteiger partial charge in [0.2, 0.25) is 0 Å². The zero-order valence-corrected chi connectivity index (χ0v) is 14.6. The van der Waals surface area contributed by atoms with Crippen LogP contribution < -0.4 is 20.1 Å². The Hall–Kier alpha value is -2.60. The van der Waals surface area contributed by atoms with Gasteiger partial charge in [-0.2, -0.15) is 0 Å². The second-order valence-corrected chi connectivity index (χ2v) is 5.68. The van der Waals surface area contributed by atoms with Crippen LogP contribution in [0.3, 0.4) is 0 Å². The van der Waals surface area contributed by atoms with Gasteiger partial charge in [-0.3, -0.25) is 10.1 Å². The predicted molar refractivity (Wildman–Crippen MR) is 98.9 cm³/mol. The molecule has 0 atom stereocenters. The van der Waals surface area contributed by atoms with Crippen LogP contribution in [0.4, 0.5) is 5.69 Å². The van der Waals surface area contributed by atoms with Gasteiger partial charge in [0.25, 0.3) is 5.91 Å². The Labute approximate surface area is 147 Å². The summed E-state index contributed by atoms with van der Waals surface area (Å²) in [6.07, 6.45) is -0.0300. The second kappa shape index (κ2) is 8.31. The van der Waals surface area contributed by atoms with Crippen molar-refractivity contribution >= 4 is 28.9 Å². The lowest BCUT2D eigenvalue weighted by Gasteiger charge is -2.15. The summed E-state index contributed by atoms with van der Waals surface area (Å²) < 4.78 is 10.9. The van der Waals surface area contributed by atoms with E-state index in [4.69, 9.17) is 21.7 Å². The molecule has 0 aliphatic heterocycles. The van der Waals surface area contributed by atoms with Gasteiger partial charge in [0.05, 0.1) is 24.5 Å². The topological polar surface area (TPSA) is 59.6 Å². The van der Waals surface area contributed by atoms with E-state index < -0.39 is 0 Å². The Kier molecular flexibility index (Phi) is 6.14. The first-order valence-electron chi connectivity index (χ1n) is 7.52. The highest BCUT2D eigenvalue weighted by Crippen LogP contribution is 2.23. The molecule has 0 spiro atoms. The van der Waals surface area contributed by atoms with Crippen molar-refractivity contribution in [3.63, 3.8) is 0 Å². The molecule has 2 aromatic carbocycles. The summed E-state index contributed by atoms with van der Waals surface area (Å²) in [5, 5.41) is 5.80. The fourth-order valence-electron chi connectivity index (χ4n) is 2.08. The van der Waals surface area contributed by atoms with Gasteiger partial charge in [-0.25, -0.2) is 0 Å². The third-order valence-corrected chi connectivity index (χ3v) is 3.28. The minimum absolute atomic E-state index is 0.0300. The maximum atomic E-state index is 12.5. The number of hydrogen-bond donors (Lipinski definition) is 2. The van der Waals surface area contributed by atoms with E-state index in [1.807, 2.05) is 38.1 Å². The fraction of sp³-hybridized carbons (Fsp3) is 0.222. The van der Waals surface area contributed by atoms with Crippen LogP contribution in [0.2, 0.25) is 0 Å². The molecule has 0 unspecified atom stereocenters. The average molecular weight is 344 g/mol. The van der Waals surface area contributed by atoms with Gasteiger partial charge < -0.3 is 14.8 Å². The van der Waals surface area contributed by atoms with Gasteiger partial charge in [0.1, 0.15) is 11.5 Å². The molecule has 0 bridgehead atoms. The standard InChI is InChI=1S/C18H20N2O3S/c1-12(2)23-15-10-6-4-8-13(15)17(21)20-18(24)19-14-9-5-7-11-16(14)22-3/h4-12H,1-3H3,(H2,19,20,21,24). The number of benzene rings is 2. The Morgan fingerprint density at radius 3 is 2.33 bits per heavy atom. The van der Waals surface area contributed by atoms with E-state index in [0.717, 1.165) is 0 Å². The molecule has 0 fully saturated rings. The number of amides is 1. The quantitative estimate of drug-likeness (QED) is 0.812. The highest BCUT2D eigenvalue weighted by atomic mass is 32.1. The van der Waals surface area contributed by atoms with Gasteiger partial charge in [-0.05, 0) is 50.3 Å². The third kappa shape index (κ3) is 4.70. The summed E-state index contributed by atoms with van der Waals surface area (Å²) in [5.41, 5.74) is 1.10. The maximum absolute atomic E-state index is 12.5. The molecular weight excluding hydrogens is 324 g/mol. The molecule has 1 amide bonds. The van der Waals surface area contributed by atoms with E-state index >= 15 is 0 Å². The molecule has 126 valence electrons. The van der Waals surface area contributed by atoms with Crippen LogP contribution in [-0.2, 0) is 0 Å². The molecule has 6 heteroatoms. The van der Waals surface area contributed by atoms with Crippen LogP contribution in [0.5, 0.6) is 11.5 Å². The number of carbonyl (C=O) groups is 1. The molecule has 0 aliphatic carbocycles. The molecule has 0 saturated heterocycles. The number of para-hydroxylation sites is 3. The van der Waals surface area contributed by atoms with E-state index in [1.165, 1.54) is 0 Å². The van der Waals surface area contributed by atoms with E-state index in [2.05, 4.69) is 10.6 Å². The van der Waals surface area contributed by atoms with Crippen LogP contribution in [-0.4, -0.2) is 24.2 Å². The number of carbonyl (C=O) groups excluding carboxylic acids is 1. The number of thiocarbonyl (C=S) groups is 1. The smallest absolute Gasteiger partial charge is 0.261 e. The molecule has 2 aromatic rings. The summed E-state index contributed by atoms with van der Waals surface area (Å²) in [5.74, 6) is 0.821. The van der Waals surface area contributed by atoms with E-state index in [-0.39, 0.29) is 17.1 Å². The van der Waals surface area contributed by atoms with Crippen LogP contribution in [0.15, 0.2) is 48.5 Å². The summed E-state index contributed by atoms with van der Waals surface area (Å²) in [6.45, 7) is 3.81. The normalized spacial score (nSPS) is 10.2. The summed E-state index contributed by atoms with van der Waals surface area (Å²) in [6, 6.07) is 14.4. The molecular formula is C18H20N2O3S. The minimum atomic E-state index is -0.335. The van der Waals surface area contributed by atoms with Crippen LogP contribution >= 0.6 is 12.2 Å². The molecule has 24 heavy (non-hydrogen) atoms. The molecule has 0 radical (unpaired) electrons. The van der Waals surface area contributed by atoms with Crippen molar-refractivity contribution in [2.45, 2.75) is 20.0 Å². The molecule has 2 rings (SSSR count). The first kappa shape index (κ1) is 17.7. The van der Waals surface area contributed by atoms with Gasteiger partial charge in [0, 0.05) is 0 Å². The number of anilines is 1. The van der Waals surface area contributed by atoms with Crippen molar-refractivity contribution in [3.8, 4) is 11.5 Å². The van der Waals surface area contributed by atoms with Gasteiger partial charge in [-0.1, -0.05) is 24.3 Å². The first-order chi connectivity index (χ1) is 11.5. The van der Waals surface area contributed by atoms with Crippen LogP contribution in [0.25, 0.3) is 0 Å². The number of ether oxygens (including phenoxy) is 2. The number of methoxy groups -OCH3 is 1. The van der Waals surface area contributed by atoms with Crippen LogP contribution in [0, 0.1) is 0 Å². The highest BCUT2D eigenvalue weighted by molar-refractivity contribution is 7.80. The zero-order chi connectivity index (χ0) is 17.5. The van der Waals surface area contributed by atoms with Crippen molar-refractivity contribution in [1.29, 1.82) is 0 Å². The molecule has 5 nitrogen and oxygen atoms in total. The van der Waals surface area contributed by atoms with Crippen molar-refractivity contribution in [1.82, 2.24) is 5.32 Å². The molecule has 0 aromatic heterocycles. The lowest BCUT2D eigenvalue weighted by Crippen LogP contribution is -2.34. The predicted octanol–water partition coefficient (Wildman–Crippen LogP) is 3.61. The summed E-state index contributed by atoms with van der Waals surface area (Å²) in [4.78, 5) is 12.5. The summed E-state index contributed by atoms with van der Waals surface area (Å²) in [7, 11) is 1.57. The molecule has 0 aliphatic rings.